The van der Waals surface area contributed by atoms with Crippen molar-refractivity contribution in [3.05, 3.63) is 18.2 Å². The first-order valence-electron chi connectivity index (χ1n) is 9.28. The molecule has 0 amide bonds. The Morgan fingerprint density at radius 3 is 2.74 bits per heavy atom. The van der Waals surface area contributed by atoms with E-state index in [1.54, 1.807) is 0 Å². The van der Waals surface area contributed by atoms with Crippen LogP contribution in [0, 0.1) is 5.92 Å². The number of aromatic nitrogens is 2. The molecule has 4 rings (SSSR count). The second-order valence-electron chi connectivity index (χ2n) is 7.50. The van der Waals surface area contributed by atoms with Gasteiger partial charge in [0, 0.05) is 38.8 Å². The highest BCUT2D eigenvalue weighted by Crippen LogP contribution is 2.41. The first-order valence-corrected chi connectivity index (χ1v) is 9.28. The maximum absolute atomic E-state index is 6.36. The van der Waals surface area contributed by atoms with E-state index in [-0.39, 0.29) is 11.9 Å². The lowest BCUT2D eigenvalue weighted by atomic mass is 10.1. The van der Waals surface area contributed by atoms with E-state index in [0.29, 0.717) is 6.04 Å². The van der Waals surface area contributed by atoms with Gasteiger partial charge >= 0.3 is 0 Å². The van der Waals surface area contributed by atoms with Crippen LogP contribution in [0.15, 0.2) is 12.4 Å². The summed E-state index contributed by atoms with van der Waals surface area (Å²) in [7, 11) is 2.08. The number of imidazole rings is 1. The van der Waals surface area contributed by atoms with Gasteiger partial charge in [-0.25, -0.2) is 4.98 Å². The molecule has 0 radical (unpaired) electrons. The third kappa shape index (κ3) is 3.47. The van der Waals surface area contributed by atoms with Crippen molar-refractivity contribution in [2.75, 3.05) is 13.2 Å². The van der Waals surface area contributed by atoms with Crippen LogP contribution in [0.5, 0.6) is 0 Å². The highest BCUT2D eigenvalue weighted by molar-refractivity contribution is 5.05. The monoisotopic (exact) mass is 319 g/mol. The Balaban J connectivity index is 1.34. The summed E-state index contributed by atoms with van der Waals surface area (Å²) in [5.41, 5.74) is 0. The Hall–Kier alpha value is -0.910. The van der Waals surface area contributed by atoms with Gasteiger partial charge in [-0.3, -0.25) is 0 Å². The van der Waals surface area contributed by atoms with Crippen LogP contribution in [0.2, 0.25) is 0 Å². The highest BCUT2D eigenvalue weighted by Gasteiger charge is 2.42. The van der Waals surface area contributed by atoms with Gasteiger partial charge in [0.15, 0.2) is 5.79 Å². The lowest BCUT2D eigenvalue weighted by Gasteiger charge is -2.27. The minimum atomic E-state index is -0.277. The van der Waals surface area contributed by atoms with Crippen molar-refractivity contribution >= 4 is 0 Å². The van der Waals surface area contributed by atoms with Crippen molar-refractivity contribution in [3.63, 3.8) is 0 Å². The molecule has 1 aromatic rings. The lowest BCUT2D eigenvalue weighted by Crippen LogP contribution is -2.36. The van der Waals surface area contributed by atoms with E-state index in [0.717, 1.165) is 37.7 Å². The molecule has 1 N–H and O–H groups in total. The molecule has 3 fully saturated rings. The zero-order valence-corrected chi connectivity index (χ0v) is 14.2. The van der Waals surface area contributed by atoms with Crippen LogP contribution in [0.1, 0.15) is 63.2 Å². The van der Waals surface area contributed by atoms with E-state index in [9.17, 15) is 0 Å². The van der Waals surface area contributed by atoms with Gasteiger partial charge in [-0.15, -0.1) is 0 Å². The molecule has 0 unspecified atom stereocenters. The highest BCUT2D eigenvalue weighted by atomic mass is 16.7. The molecule has 2 atom stereocenters. The van der Waals surface area contributed by atoms with Crippen molar-refractivity contribution in [2.45, 2.75) is 69.3 Å². The van der Waals surface area contributed by atoms with Crippen molar-refractivity contribution in [1.29, 1.82) is 0 Å². The van der Waals surface area contributed by atoms with Gasteiger partial charge in [-0.05, 0) is 31.6 Å². The number of hydrogen-bond donors (Lipinski definition) is 1. The fraction of sp³-hybridized carbons (Fsp3) is 0.833. The van der Waals surface area contributed by atoms with Crippen LogP contribution < -0.4 is 5.32 Å². The van der Waals surface area contributed by atoms with Gasteiger partial charge in [-0.2, -0.15) is 0 Å². The van der Waals surface area contributed by atoms with Crippen molar-refractivity contribution in [1.82, 2.24) is 14.9 Å². The average molecular weight is 319 g/mol. The van der Waals surface area contributed by atoms with Gasteiger partial charge in [-0.1, -0.05) is 12.8 Å². The molecule has 5 heteroatoms. The topological polar surface area (TPSA) is 48.3 Å². The molecule has 5 nitrogen and oxygen atoms in total. The number of rotatable bonds is 5. The Labute approximate surface area is 138 Å². The Bertz CT molecular complexity index is 518. The number of nitrogens with zero attached hydrogens (tertiary/aromatic N) is 2. The third-order valence-electron chi connectivity index (χ3n) is 5.57. The van der Waals surface area contributed by atoms with Gasteiger partial charge in [0.25, 0.3) is 0 Å². The summed E-state index contributed by atoms with van der Waals surface area (Å²) in [6, 6.07) is 0.351. The van der Waals surface area contributed by atoms with E-state index >= 15 is 0 Å². The molecule has 23 heavy (non-hydrogen) atoms. The third-order valence-corrected chi connectivity index (χ3v) is 5.57. The summed E-state index contributed by atoms with van der Waals surface area (Å²) < 4.78 is 14.6. The van der Waals surface area contributed by atoms with Crippen molar-refractivity contribution in [3.8, 4) is 0 Å². The molecule has 1 spiro atoms. The van der Waals surface area contributed by atoms with Gasteiger partial charge < -0.3 is 19.4 Å². The van der Waals surface area contributed by atoms with Gasteiger partial charge in [0.05, 0.1) is 18.8 Å². The number of ether oxygens (including phenoxy) is 2. The van der Waals surface area contributed by atoms with E-state index in [4.69, 9.17) is 9.47 Å². The molecule has 1 saturated heterocycles. The molecule has 0 bridgehead atoms. The van der Waals surface area contributed by atoms with Crippen LogP contribution in [0.25, 0.3) is 0 Å². The molecular weight excluding hydrogens is 290 g/mol. The fourth-order valence-corrected chi connectivity index (χ4v) is 4.08. The Kier molecular flexibility index (Phi) is 4.43. The summed E-state index contributed by atoms with van der Waals surface area (Å²) in [5.74, 6) is 1.60. The van der Waals surface area contributed by atoms with Crippen LogP contribution in [-0.2, 0) is 16.5 Å². The normalized spacial score (nSPS) is 28.8. The smallest absolute Gasteiger partial charge is 0.168 e. The average Bonchev–Trinajstić information content (AvgIpc) is 3.23. The second-order valence-corrected chi connectivity index (χ2v) is 7.50. The molecule has 128 valence electrons. The minimum absolute atomic E-state index is 0.176. The molecule has 0 aromatic carbocycles. The van der Waals surface area contributed by atoms with Crippen LogP contribution in [-0.4, -0.2) is 34.6 Å². The molecule has 3 aliphatic rings. The van der Waals surface area contributed by atoms with Crippen molar-refractivity contribution in [2.24, 2.45) is 13.0 Å². The maximum atomic E-state index is 6.36. The molecule has 1 aliphatic heterocycles. The number of nitrogens with one attached hydrogen (secondary N) is 1. The summed E-state index contributed by atoms with van der Waals surface area (Å²) in [6.45, 7) is 1.58. The predicted octanol–water partition coefficient (Wildman–Crippen LogP) is 2.93. The van der Waals surface area contributed by atoms with Gasteiger partial charge in [0.2, 0.25) is 0 Å². The summed E-state index contributed by atoms with van der Waals surface area (Å²) in [6.07, 6.45) is 13.9. The standard InChI is InChI=1S/C18H29N3O2/c1-21-11-10-19-17(21)16(14-6-7-14)20-12-15-13-22-18(23-15)8-4-2-3-5-9-18/h10-11,14-16,20H,2-9,12-13H2,1H3/t15-,16+/m1/s1. The fourth-order valence-electron chi connectivity index (χ4n) is 4.08. The van der Waals surface area contributed by atoms with Crippen LogP contribution >= 0.6 is 0 Å². The molecule has 2 saturated carbocycles. The Morgan fingerprint density at radius 2 is 2.09 bits per heavy atom. The van der Waals surface area contributed by atoms with Crippen LogP contribution in [0.4, 0.5) is 0 Å². The number of hydrogen-bond acceptors (Lipinski definition) is 4. The lowest BCUT2D eigenvalue weighted by molar-refractivity contribution is -0.175. The summed E-state index contributed by atoms with van der Waals surface area (Å²) in [4.78, 5) is 4.55. The predicted molar refractivity (Wildman–Crippen MR) is 87.9 cm³/mol. The van der Waals surface area contributed by atoms with E-state index in [1.807, 2.05) is 12.4 Å². The maximum Gasteiger partial charge on any atom is 0.168 e. The number of aryl methyl sites for hydroxylation is 1. The SMILES string of the molecule is Cn1ccnc1[C@@H](NC[C@@H]1COC2(CCCCCC2)O1)C1CC1. The molecule has 1 aromatic heterocycles. The first kappa shape index (κ1) is 15.6. The zero-order chi connectivity index (χ0) is 15.7. The van der Waals surface area contributed by atoms with Gasteiger partial charge in [0.1, 0.15) is 5.82 Å². The van der Waals surface area contributed by atoms with Crippen LogP contribution in [0.3, 0.4) is 0 Å². The van der Waals surface area contributed by atoms with E-state index < -0.39 is 0 Å². The molecular formula is C18H29N3O2. The van der Waals surface area contributed by atoms with E-state index in [2.05, 4.69) is 21.9 Å². The molecule has 2 heterocycles. The summed E-state index contributed by atoms with van der Waals surface area (Å²) >= 11 is 0. The second kappa shape index (κ2) is 6.54. The molecule has 2 aliphatic carbocycles. The van der Waals surface area contributed by atoms with E-state index in [1.165, 1.54) is 38.5 Å². The largest absolute Gasteiger partial charge is 0.347 e. The minimum Gasteiger partial charge on any atom is -0.347 e. The first-order chi connectivity index (χ1) is 11.3. The Morgan fingerprint density at radius 1 is 1.30 bits per heavy atom. The van der Waals surface area contributed by atoms with Crippen molar-refractivity contribution < 1.29 is 9.47 Å². The summed E-state index contributed by atoms with van der Waals surface area (Å²) in [5, 5.41) is 3.72. The zero-order valence-electron chi connectivity index (χ0n) is 14.2. The quantitative estimate of drug-likeness (QED) is 0.906.